The molecule has 2 aromatic rings. The standard InChI is InChI=1S/C22H23ClN2O4S/c1-6-28-22(27)19-13(4)14(5)30-21(19)25-20(26)16(11-24)9-15-10-17(23)7-8-18(15)29-12(2)3/h7-10,12H,6H2,1-5H3,(H,25,26)/b16-9-. The number of amides is 1. The lowest BCUT2D eigenvalue weighted by Gasteiger charge is -2.13. The predicted octanol–water partition coefficient (Wildman–Crippen LogP) is 5.53. The number of carbonyl (C=O) groups is 2. The van der Waals surface area contributed by atoms with Crippen molar-refractivity contribution in [2.75, 3.05) is 11.9 Å². The van der Waals surface area contributed by atoms with Crippen LogP contribution >= 0.6 is 22.9 Å². The van der Waals surface area contributed by atoms with Crippen LogP contribution in [0.5, 0.6) is 5.75 Å². The number of benzene rings is 1. The number of ether oxygens (including phenoxy) is 2. The zero-order chi connectivity index (χ0) is 22.4. The van der Waals surface area contributed by atoms with Gasteiger partial charge in [0.1, 0.15) is 22.4 Å². The van der Waals surface area contributed by atoms with E-state index in [0.717, 1.165) is 10.4 Å². The molecule has 0 saturated carbocycles. The molecule has 1 N–H and O–H groups in total. The molecule has 1 heterocycles. The lowest BCUT2D eigenvalue weighted by atomic mass is 10.1. The Kier molecular flexibility index (Phi) is 8.04. The van der Waals surface area contributed by atoms with Crippen LogP contribution in [0.15, 0.2) is 23.8 Å². The molecule has 0 aliphatic carbocycles. The van der Waals surface area contributed by atoms with Crippen molar-refractivity contribution >= 4 is 45.9 Å². The molecule has 6 nitrogen and oxygen atoms in total. The number of thiophene rings is 1. The minimum Gasteiger partial charge on any atom is -0.490 e. The molecule has 0 radical (unpaired) electrons. The van der Waals surface area contributed by atoms with Gasteiger partial charge in [-0.2, -0.15) is 5.26 Å². The Balaban J connectivity index is 2.40. The van der Waals surface area contributed by atoms with Crippen LogP contribution in [0.25, 0.3) is 6.08 Å². The average molecular weight is 447 g/mol. The van der Waals surface area contributed by atoms with Crippen LogP contribution in [0, 0.1) is 25.2 Å². The molecule has 8 heteroatoms. The van der Waals surface area contributed by atoms with Gasteiger partial charge in [0, 0.05) is 15.5 Å². The van der Waals surface area contributed by atoms with E-state index in [1.54, 1.807) is 32.0 Å². The van der Waals surface area contributed by atoms with Crippen molar-refractivity contribution in [3.63, 3.8) is 0 Å². The molecule has 1 amide bonds. The van der Waals surface area contributed by atoms with Gasteiger partial charge in [0.05, 0.1) is 18.3 Å². The molecule has 1 aromatic heterocycles. The minimum absolute atomic E-state index is 0.0955. The largest absolute Gasteiger partial charge is 0.490 e. The van der Waals surface area contributed by atoms with E-state index in [2.05, 4.69) is 5.32 Å². The Morgan fingerprint density at radius 2 is 2.03 bits per heavy atom. The highest BCUT2D eigenvalue weighted by Crippen LogP contribution is 2.33. The predicted molar refractivity (Wildman–Crippen MR) is 119 cm³/mol. The smallest absolute Gasteiger partial charge is 0.341 e. The maximum Gasteiger partial charge on any atom is 0.341 e. The number of nitriles is 1. The van der Waals surface area contributed by atoms with Crippen molar-refractivity contribution in [2.45, 2.75) is 40.7 Å². The fraction of sp³-hybridized carbons (Fsp3) is 0.318. The second kappa shape index (κ2) is 10.3. The Morgan fingerprint density at radius 3 is 2.63 bits per heavy atom. The average Bonchev–Trinajstić information content (AvgIpc) is 2.94. The van der Waals surface area contributed by atoms with Crippen molar-refractivity contribution in [3.05, 3.63) is 50.4 Å². The highest BCUT2D eigenvalue weighted by molar-refractivity contribution is 7.16. The molecule has 158 valence electrons. The molecule has 0 aliphatic heterocycles. The maximum atomic E-state index is 12.8. The van der Waals surface area contributed by atoms with E-state index >= 15 is 0 Å². The van der Waals surface area contributed by atoms with Crippen LogP contribution in [0.4, 0.5) is 5.00 Å². The summed E-state index contributed by atoms with van der Waals surface area (Å²) in [6.07, 6.45) is 1.32. The normalized spacial score (nSPS) is 11.2. The first-order valence-corrected chi connectivity index (χ1v) is 10.5. The third-order valence-electron chi connectivity index (χ3n) is 4.09. The second-order valence-electron chi connectivity index (χ2n) is 6.68. The number of hydrogen-bond acceptors (Lipinski definition) is 6. The second-order valence-corrected chi connectivity index (χ2v) is 8.34. The number of hydrogen-bond donors (Lipinski definition) is 1. The third-order valence-corrected chi connectivity index (χ3v) is 5.45. The van der Waals surface area contributed by atoms with Gasteiger partial charge >= 0.3 is 5.97 Å². The van der Waals surface area contributed by atoms with E-state index in [9.17, 15) is 14.9 Å². The van der Waals surface area contributed by atoms with Crippen LogP contribution < -0.4 is 10.1 Å². The fourth-order valence-corrected chi connectivity index (χ4v) is 3.86. The number of esters is 1. The zero-order valence-corrected chi connectivity index (χ0v) is 19.0. The van der Waals surface area contributed by atoms with Gasteiger partial charge in [-0.05, 0) is 64.5 Å². The van der Waals surface area contributed by atoms with Gasteiger partial charge < -0.3 is 14.8 Å². The topological polar surface area (TPSA) is 88.4 Å². The van der Waals surface area contributed by atoms with Gasteiger partial charge in [0.2, 0.25) is 0 Å². The van der Waals surface area contributed by atoms with Gasteiger partial charge in [0.25, 0.3) is 5.91 Å². The monoisotopic (exact) mass is 446 g/mol. The van der Waals surface area contributed by atoms with E-state index in [0.29, 0.717) is 26.9 Å². The summed E-state index contributed by atoms with van der Waals surface area (Å²) in [7, 11) is 0. The Hall–Kier alpha value is -2.82. The van der Waals surface area contributed by atoms with Crippen LogP contribution in [0.3, 0.4) is 0 Å². The SMILES string of the molecule is CCOC(=O)c1c(NC(=O)/C(C#N)=C\c2cc(Cl)ccc2OC(C)C)sc(C)c1C. The van der Waals surface area contributed by atoms with Crippen LogP contribution in [0.2, 0.25) is 5.02 Å². The summed E-state index contributed by atoms with van der Waals surface area (Å²) in [6.45, 7) is 9.31. The third kappa shape index (κ3) is 5.62. The molecule has 0 spiro atoms. The van der Waals surface area contributed by atoms with Gasteiger partial charge in [0.15, 0.2) is 0 Å². The van der Waals surface area contributed by atoms with Crippen molar-refractivity contribution in [2.24, 2.45) is 0 Å². The first-order chi connectivity index (χ1) is 14.2. The first-order valence-electron chi connectivity index (χ1n) is 9.34. The van der Waals surface area contributed by atoms with E-state index in [4.69, 9.17) is 21.1 Å². The number of nitrogens with zero attached hydrogens (tertiary/aromatic N) is 1. The molecular weight excluding hydrogens is 424 g/mol. The van der Waals surface area contributed by atoms with Crippen molar-refractivity contribution in [3.8, 4) is 11.8 Å². The van der Waals surface area contributed by atoms with Gasteiger partial charge in [-0.25, -0.2) is 4.79 Å². The number of nitrogens with one attached hydrogen (secondary N) is 1. The summed E-state index contributed by atoms with van der Waals surface area (Å²) in [5.74, 6) is -0.649. The van der Waals surface area contributed by atoms with Gasteiger partial charge in [-0.15, -0.1) is 11.3 Å². The van der Waals surface area contributed by atoms with Crippen molar-refractivity contribution < 1.29 is 19.1 Å². The highest BCUT2D eigenvalue weighted by Gasteiger charge is 2.23. The molecule has 0 unspecified atom stereocenters. The molecular formula is C22H23ClN2O4S. The summed E-state index contributed by atoms with van der Waals surface area (Å²) >= 11 is 7.33. The van der Waals surface area contributed by atoms with Gasteiger partial charge in [-0.1, -0.05) is 11.6 Å². The summed E-state index contributed by atoms with van der Waals surface area (Å²) < 4.78 is 10.8. The van der Waals surface area contributed by atoms with Crippen LogP contribution in [-0.4, -0.2) is 24.6 Å². The Morgan fingerprint density at radius 1 is 1.33 bits per heavy atom. The van der Waals surface area contributed by atoms with Crippen molar-refractivity contribution in [1.82, 2.24) is 0 Å². The summed E-state index contributed by atoms with van der Waals surface area (Å²) in [4.78, 5) is 26.0. The number of rotatable bonds is 7. The van der Waals surface area contributed by atoms with E-state index in [-0.39, 0.29) is 18.3 Å². The van der Waals surface area contributed by atoms with E-state index < -0.39 is 11.9 Å². The molecule has 2 rings (SSSR count). The Labute approximate surface area is 185 Å². The van der Waals surface area contributed by atoms with Gasteiger partial charge in [-0.3, -0.25) is 4.79 Å². The lowest BCUT2D eigenvalue weighted by Crippen LogP contribution is -2.16. The Bertz CT molecular complexity index is 1030. The summed E-state index contributed by atoms with van der Waals surface area (Å²) in [5.41, 5.74) is 1.40. The highest BCUT2D eigenvalue weighted by atomic mass is 35.5. The van der Waals surface area contributed by atoms with Crippen molar-refractivity contribution in [1.29, 1.82) is 5.26 Å². The number of anilines is 1. The molecule has 0 fully saturated rings. The maximum absolute atomic E-state index is 12.8. The summed E-state index contributed by atoms with van der Waals surface area (Å²) in [6, 6.07) is 6.88. The lowest BCUT2D eigenvalue weighted by molar-refractivity contribution is -0.112. The van der Waals surface area contributed by atoms with E-state index in [1.165, 1.54) is 17.4 Å². The molecule has 1 aromatic carbocycles. The number of aryl methyl sites for hydroxylation is 1. The van der Waals surface area contributed by atoms with E-state index in [1.807, 2.05) is 26.8 Å². The fourth-order valence-electron chi connectivity index (χ4n) is 2.63. The number of carbonyl (C=O) groups excluding carboxylic acids is 2. The molecule has 0 bridgehead atoms. The first kappa shape index (κ1) is 23.5. The quantitative estimate of drug-likeness (QED) is 0.343. The van der Waals surface area contributed by atoms with Crippen LogP contribution in [0.1, 0.15) is 47.1 Å². The number of halogens is 1. The molecule has 0 atom stereocenters. The summed E-state index contributed by atoms with van der Waals surface area (Å²) in [5, 5.41) is 13.0. The molecule has 30 heavy (non-hydrogen) atoms. The molecule has 0 aliphatic rings. The molecule has 0 saturated heterocycles. The zero-order valence-electron chi connectivity index (χ0n) is 17.5. The van der Waals surface area contributed by atoms with Crippen LogP contribution in [-0.2, 0) is 9.53 Å². The minimum atomic E-state index is -0.639.